The smallest absolute Gasteiger partial charge is 0.409 e. The average Bonchev–Trinajstić information content (AvgIpc) is 2.74. The van der Waals surface area contributed by atoms with Crippen LogP contribution in [0.3, 0.4) is 0 Å². The van der Waals surface area contributed by atoms with Gasteiger partial charge >= 0.3 is 11.8 Å². The number of nitrogens with zero attached hydrogens (tertiary/aromatic N) is 3. The molecule has 0 aliphatic heterocycles. The summed E-state index contributed by atoms with van der Waals surface area (Å²) in [6.45, 7) is 3.91. The van der Waals surface area contributed by atoms with Gasteiger partial charge < -0.3 is 4.74 Å². The molecule has 1 heterocycles. The highest BCUT2D eigenvalue weighted by atomic mass is 32.2. The van der Waals surface area contributed by atoms with E-state index in [1.807, 2.05) is 13.8 Å². The Morgan fingerprint density at radius 2 is 1.68 bits per heavy atom. The van der Waals surface area contributed by atoms with Gasteiger partial charge in [0.2, 0.25) is 0 Å². The normalized spacial score (nSPS) is 12.2. The minimum atomic E-state index is -4.37. The third-order valence-corrected chi connectivity index (χ3v) is 6.13. The maximum Gasteiger partial charge on any atom is 0.441 e. The molecule has 0 saturated carbocycles. The van der Waals surface area contributed by atoms with Crippen LogP contribution in [0.4, 0.5) is 9.18 Å². The van der Waals surface area contributed by atoms with Crippen molar-refractivity contribution in [3.63, 3.8) is 0 Å². The second-order valence-electron chi connectivity index (χ2n) is 6.96. The summed E-state index contributed by atoms with van der Waals surface area (Å²) in [6.07, 6.45) is -0.673. The van der Waals surface area contributed by atoms with E-state index in [0.29, 0.717) is 10.8 Å². The van der Waals surface area contributed by atoms with Crippen molar-refractivity contribution >= 4 is 16.1 Å². The minimum Gasteiger partial charge on any atom is -0.409 e. The van der Waals surface area contributed by atoms with E-state index in [9.17, 15) is 22.4 Å². The van der Waals surface area contributed by atoms with Gasteiger partial charge in [0, 0.05) is 7.05 Å². The Balaban J connectivity index is 2.03. The number of amides is 1. The van der Waals surface area contributed by atoms with Crippen LogP contribution in [0.5, 0.6) is 5.75 Å². The molecule has 0 bridgehead atoms. The topological polar surface area (TPSA) is 99.7 Å². The molecular formula is C21H20FN3O5S. The highest BCUT2D eigenvalue weighted by molar-refractivity contribution is 7.90. The fraction of sp³-hybridized carbons (Fsp3) is 0.190. The van der Waals surface area contributed by atoms with Gasteiger partial charge in [-0.3, -0.25) is 4.57 Å². The predicted molar refractivity (Wildman–Crippen MR) is 111 cm³/mol. The van der Waals surface area contributed by atoms with Crippen molar-refractivity contribution < 1.29 is 22.3 Å². The zero-order chi connectivity index (χ0) is 22.8. The lowest BCUT2D eigenvalue weighted by Gasteiger charge is -2.11. The lowest BCUT2D eigenvalue weighted by atomic mass is 10.0. The van der Waals surface area contributed by atoms with Crippen LogP contribution in [0.15, 0.2) is 75.5 Å². The van der Waals surface area contributed by atoms with Crippen molar-refractivity contribution in [1.82, 2.24) is 8.54 Å². The van der Waals surface area contributed by atoms with E-state index < -0.39 is 33.1 Å². The Morgan fingerprint density at radius 1 is 1.06 bits per heavy atom. The zero-order valence-corrected chi connectivity index (χ0v) is 17.8. The Labute approximate surface area is 177 Å². The van der Waals surface area contributed by atoms with Crippen LogP contribution >= 0.6 is 0 Å². The molecular weight excluding hydrogens is 425 g/mol. The summed E-state index contributed by atoms with van der Waals surface area (Å²) in [5.41, 5.74) is -0.845. The maximum absolute atomic E-state index is 14.7. The van der Waals surface area contributed by atoms with Gasteiger partial charge in [0.1, 0.15) is 5.75 Å². The molecule has 0 unspecified atom stereocenters. The number of hydrogen-bond acceptors (Lipinski definition) is 5. The van der Waals surface area contributed by atoms with Crippen molar-refractivity contribution in [3.05, 3.63) is 88.1 Å². The zero-order valence-electron chi connectivity index (χ0n) is 17.0. The van der Waals surface area contributed by atoms with Gasteiger partial charge in [-0.05, 0) is 35.7 Å². The summed E-state index contributed by atoms with van der Waals surface area (Å²) in [5, 5.41) is 0. The first-order valence-electron chi connectivity index (χ1n) is 9.26. The second-order valence-corrected chi connectivity index (χ2v) is 8.77. The molecule has 162 valence electrons. The van der Waals surface area contributed by atoms with Crippen molar-refractivity contribution in [2.45, 2.75) is 24.7 Å². The van der Waals surface area contributed by atoms with Crippen molar-refractivity contribution in [2.24, 2.45) is 12.0 Å². The number of carbonyl (C=O) groups excluding carboxylic acids is 1. The first-order chi connectivity index (χ1) is 14.6. The second kappa shape index (κ2) is 8.68. The Hall–Kier alpha value is -3.53. The third kappa shape index (κ3) is 4.64. The van der Waals surface area contributed by atoms with Crippen molar-refractivity contribution in [1.29, 1.82) is 0 Å². The van der Waals surface area contributed by atoms with Gasteiger partial charge in [0.25, 0.3) is 10.0 Å². The largest absolute Gasteiger partial charge is 0.441 e. The molecule has 0 N–H and O–H groups in total. The molecule has 0 atom stereocenters. The number of aromatic nitrogens is 2. The Bertz CT molecular complexity index is 1340. The lowest BCUT2D eigenvalue weighted by molar-refractivity contribution is 0.209. The van der Waals surface area contributed by atoms with Gasteiger partial charge in [-0.2, -0.15) is 8.96 Å². The Morgan fingerprint density at radius 3 is 2.26 bits per heavy atom. The summed E-state index contributed by atoms with van der Waals surface area (Å²) in [7, 11) is -3.26. The maximum atomic E-state index is 14.7. The number of rotatable bonds is 4. The summed E-state index contributed by atoms with van der Waals surface area (Å²) < 4.78 is 46.3. The monoisotopic (exact) mass is 445 g/mol. The van der Waals surface area contributed by atoms with Crippen molar-refractivity contribution in [2.75, 3.05) is 0 Å². The number of benzene rings is 2. The van der Waals surface area contributed by atoms with E-state index in [1.54, 1.807) is 30.3 Å². The molecule has 0 aliphatic rings. The highest BCUT2D eigenvalue weighted by Crippen LogP contribution is 2.18. The number of carbonyl (C=O) groups is 1. The molecule has 10 heteroatoms. The molecule has 0 spiro atoms. The van der Waals surface area contributed by atoms with E-state index in [1.165, 1.54) is 24.3 Å². The molecule has 3 aromatic rings. The molecule has 0 fully saturated rings. The molecule has 0 aliphatic carbocycles. The molecule has 31 heavy (non-hydrogen) atoms. The van der Waals surface area contributed by atoms with Crippen LogP contribution in [0.25, 0.3) is 0 Å². The molecule has 3 rings (SSSR count). The molecule has 0 saturated heterocycles. The van der Waals surface area contributed by atoms with Crippen LogP contribution in [0.2, 0.25) is 0 Å². The molecule has 1 amide bonds. The fourth-order valence-electron chi connectivity index (χ4n) is 2.75. The van der Waals surface area contributed by atoms with Crippen LogP contribution < -0.4 is 15.9 Å². The number of para-hydroxylation sites is 1. The van der Waals surface area contributed by atoms with Gasteiger partial charge in [0.15, 0.2) is 11.3 Å². The van der Waals surface area contributed by atoms with E-state index in [4.69, 9.17) is 4.74 Å². The van der Waals surface area contributed by atoms with E-state index in [-0.39, 0.29) is 20.5 Å². The first-order valence-corrected chi connectivity index (χ1v) is 10.7. The third-order valence-electron chi connectivity index (χ3n) is 4.49. The van der Waals surface area contributed by atoms with Crippen LogP contribution in [-0.2, 0) is 17.1 Å². The average molecular weight is 445 g/mol. The van der Waals surface area contributed by atoms with Crippen LogP contribution in [0.1, 0.15) is 25.3 Å². The van der Waals surface area contributed by atoms with Gasteiger partial charge in [0.05, 0.1) is 11.1 Å². The summed E-state index contributed by atoms with van der Waals surface area (Å²) >= 11 is 0. The number of ether oxygens (including phenoxy) is 1. The first kappa shape index (κ1) is 22.2. The molecule has 8 nitrogen and oxygen atoms in total. The number of halogens is 1. The van der Waals surface area contributed by atoms with Gasteiger partial charge in [-0.15, -0.1) is 0 Å². The van der Waals surface area contributed by atoms with Crippen LogP contribution in [-0.4, -0.2) is 23.1 Å². The van der Waals surface area contributed by atoms with E-state index in [0.717, 1.165) is 12.6 Å². The number of hydrogen-bond donors (Lipinski definition) is 0. The Kier molecular flexibility index (Phi) is 6.21. The van der Waals surface area contributed by atoms with Gasteiger partial charge in [-0.25, -0.2) is 22.4 Å². The van der Waals surface area contributed by atoms with Crippen LogP contribution in [0, 0.1) is 5.82 Å². The summed E-state index contributed by atoms with van der Waals surface area (Å²) in [6, 6.07) is 13.9. The molecule has 0 radical (unpaired) electrons. The highest BCUT2D eigenvalue weighted by Gasteiger charge is 2.22. The summed E-state index contributed by atoms with van der Waals surface area (Å²) in [4.78, 5) is 27.9. The molecule has 2 aromatic carbocycles. The lowest BCUT2D eigenvalue weighted by Crippen LogP contribution is -2.43. The van der Waals surface area contributed by atoms with E-state index in [2.05, 4.69) is 4.99 Å². The van der Waals surface area contributed by atoms with Gasteiger partial charge in [-0.1, -0.05) is 44.2 Å². The standard InChI is InChI=1S/C21H20FN3O5S/c1-14(2)15-9-11-17(12-10-15)31(28,29)25-13-18(22)19(24(3)21(25)27)23-20(26)30-16-7-5-4-6-8-16/h4-14H,1-3H3. The van der Waals surface area contributed by atoms with Crippen molar-refractivity contribution in [3.8, 4) is 5.75 Å². The SMILES string of the molecule is CC(C)c1ccc(S(=O)(=O)n2cc(F)c(=NC(=O)Oc3ccccc3)n(C)c2=O)cc1. The minimum absolute atomic E-state index is 0.174. The molecule has 1 aromatic heterocycles. The van der Waals surface area contributed by atoms with E-state index >= 15 is 0 Å². The predicted octanol–water partition coefficient (Wildman–Crippen LogP) is 2.79. The quantitative estimate of drug-likeness (QED) is 0.615. The fourth-order valence-corrected chi connectivity index (χ4v) is 4.02. The summed E-state index contributed by atoms with van der Waals surface area (Å²) in [5.74, 6) is -0.819.